The molecule has 0 spiro atoms. The third kappa shape index (κ3) is 4.99. The van der Waals surface area contributed by atoms with Crippen LogP contribution in [-0.4, -0.2) is 22.7 Å². The lowest BCUT2D eigenvalue weighted by molar-refractivity contribution is 0.231. The van der Waals surface area contributed by atoms with E-state index in [9.17, 15) is 0 Å². The van der Waals surface area contributed by atoms with Gasteiger partial charge in [-0.25, -0.2) is 0 Å². The van der Waals surface area contributed by atoms with Crippen LogP contribution in [0.2, 0.25) is 0 Å². The molecule has 1 N–H and O–H groups in total. The van der Waals surface area contributed by atoms with E-state index < -0.39 is 0 Å². The molecule has 0 saturated carbocycles. The van der Waals surface area contributed by atoms with Crippen LogP contribution in [0.1, 0.15) is 20.3 Å². The van der Waals surface area contributed by atoms with Gasteiger partial charge in [0.2, 0.25) is 0 Å². The van der Waals surface area contributed by atoms with E-state index in [0.29, 0.717) is 5.92 Å². The van der Waals surface area contributed by atoms with Gasteiger partial charge in [0.05, 0.1) is 0 Å². The zero-order valence-corrected chi connectivity index (χ0v) is 8.98. The smallest absolute Gasteiger partial charge is 0.0477 e. The van der Waals surface area contributed by atoms with Gasteiger partial charge in [-0.2, -0.15) is 25.3 Å². The van der Waals surface area contributed by atoms with Crippen molar-refractivity contribution in [2.75, 3.05) is 12.4 Å². The van der Waals surface area contributed by atoms with Crippen LogP contribution in [0.15, 0.2) is 0 Å². The maximum atomic E-state index is 8.91. The molecule has 3 heteroatoms. The predicted molar refractivity (Wildman–Crippen MR) is 56.7 cm³/mol. The molecular formula is C8H18OS2. The van der Waals surface area contributed by atoms with Crippen LogP contribution in [0.25, 0.3) is 0 Å². The molecule has 0 amide bonds. The number of hydrogen-bond acceptors (Lipinski definition) is 3. The highest BCUT2D eigenvalue weighted by atomic mass is 32.1. The molecule has 0 rings (SSSR count). The van der Waals surface area contributed by atoms with Crippen LogP contribution in [0.4, 0.5) is 0 Å². The Labute approximate surface area is 80.4 Å². The minimum absolute atomic E-state index is 0.199. The molecule has 0 aliphatic rings. The monoisotopic (exact) mass is 194 g/mol. The van der Waals surface area contributed by atoms with Crippen LogP contribution in [-0.2, 0) is 0 Å². The topological polar surface area (TPSA) is 20.2 Å². The van der Waals surface area contributed by atoms with E-state index in [2.05, 4.69) is 39.1 Å². The van der Waals surface area contributed by atoms with Crippen LogP contribution in [0, 0.1) is 11.8 Å². The highest BCUT2D eigenvalue weighted by Gasteiger charge is 2.16. The lowest BCUT2D eigenvalue weighted by Gasteiger charge is -2.20. The molecule has 0 aromatic heterocycles. The molecule has 0 bridgehead atoms. The Balaban J connectivity index is 3.68. The van der Waals surface area contributed by atoms with Crippen LogP contribution >= 0.6 is 25.3 Å². The first-order valence-electron chi connectivity index (χ1n) is 4.01. The van der Waals surface area contributed by atoms with Crippen molar-refractivity contribution in [3.05, 3.63) is 0 Å². The SMILES string of the molecule is CC(C)CC(S)C(CO)CS. The highest BCUT2D eigenvalue weighted by Crippen LogP contribution is 2.19. The van der Waals surface area contributed by atoms with E-state index >= 15 is 0 Å². The summed E-state index contributed by atoms with van der Waals surface area (Å²) in [6, 6.07) is 0. The van der Waals surface area contributed by atoms with Gasteiger partial charge in [-0.1, -0.05) is 13.8 Å². The van der Waals surface area contributed by atoms with E-state index in [1.54, 1.807) is 0 Å². The quantitative estimate of drug-likeness (QED) is 0.571. The van der Waals surface area contributed by atoms with Gasteiger partial charge in [0.15, 0.2) is 0 Å². The summed E-state index contributed by atoms with van der Waals surface area (Å²) in [4.78, 5) is 0. The molecule has 0 heterocycles. The molecule has 0 saturated heterocycles. The van der Waals surface area contributed by atoms with Gasteiger partial charge in [0.25, 0.3) is 0 Å². The Kier molecular flexibility index (Phi) is 6.58. The van der Waals surface area contributed by atoms with E-state index in [1.165, 1.54) is 0 Å². The van der Waals surface area contributed by atoms with E-state index in [4.69, 9.17) is 5.11 Å². The van der Waals surface area contributed by atoms with Gasteiger partial charge in [-0.05, 0) is 18.1 Å². The maximum Gasteiger partial charge on any atom is 0.0477 e. The molecule has 0 aromatic carbocycles. The van der Waals surface area contributed by atoms with Gasteiger partial charge in [0.1, 0.15) is 0 Å². The van der Waals surface area contributed by atoms with Gasteiger partial charge in [-0.3, -0.25) is 0 Å². The maximum absolute atomic E-state index is 8.91. The minimum atomic E-state index is 0.199. The van der Waals surface area contributed by atoms with Crippen LogP contribution in [0.3, 0.4) is 0 Å². The zero-order chi connectivity index (χ0) is 8.85. The average Bonchev–Trinajstić information content (AvgIpc) is 1.88. The van der Waals surface area contributed by atoms with Crippen molar-refractivity contribution in [1.29, 1.82) is 0 Å². The van der Waals surface area contributed by atoms with Crippen molar-refractivity contribution >= 4 is 25.3 Å². The van der Waals surface area contributed by atoms with Crippen molar-refractivity contribution in [1.82, 2.24) is 0 Å². The first kappa shape index (κ1) is 11.7. The van der Waals surface area contributed by atoms with Crippen molar-refractivity contribution in [3.8, 4) is 0 Å². The predicted octanol–water partition coefficient (Wildman–Crippen LogP) is 1.87. The fourth-order valence-electron chi connectivity index (χ4n) is 0.977. The van der Waals surface area contributed by atoms with Crippen LogP contribution < -0.4 is 0 Å². The molecule has 2 unspecified atom stereocenters. The van der Waals surface area contributed by atoms with E-state index in [0.717, 1.165) is 12.2 Å². The Morgan fingerprint density at radius 1 is 1.36 bits per heavy atom. The summed E-state index contributed by atoms with van der Waals surface area (Å²) in [5.74, 6) is 1.60. The number of aliphatic hydroxyl groups excluding tert-OH is 1. The van der Waals surface area contributed by atoms with Crippen molar-refractivity contribution < 1.29 is 5.11 Å². The highest BCUT2D eigenvalue weighted by molar-refractivity contribution is 7.81. The second-order valence-electron chi connectivity index (χ2n) is 3.32. The Morgan fingerprint density at radius 2 is 1.91 bits per heavy atom. The minimum Gasteiger partial charge on any atom is -0.396 e. The summed E-state index contributed by atoms with van der Waals surface area (Å²) in [6.07, 6.45) is 1.05. The molecule has 68 valence electrons. The Bertz CT molecular complexity index is 92.1. The van der Waals surface area contributed by atoms with Crippen LogP contribution in [0.5, 0.6) is 0 Å². The Morgan fingerprint density at radius 3 is 2.18 bits per heavy atom. The summed E-state index contributed by atoms with van der Waals surface area (Å²) in [5, 5.41) is 9.20. The number of aliphatic hydroxyl groups is 1. The van der Waals surface area contributed by atoms with E-state index in [1.807, 2.05) is 0 Å². The van der Waals surface area contributed by atoms with Gasteiger partial charge < -0.3 is 5.11 Å². The Hall–Kier alpha value is 0.660. The number of rotatable bonds is 5. The molecule has 0 aliphatic heterocycles. The van der Waals surface area contributed by atoms with Gasteiger partial charge in [-0.15, -0.1) is 0 Å². The number of thiol groups is 2. The average molecular weight is 194 g/mol. The van der Waals surface area contributed by atoms with Crippen molar-refractivity contribution in [3.63, 3.8) is 0 Å². The summed E-state index contributed by atoms with van der Waals surface area (Å²) < 4.78 is 0. The number of hydrogen-bond donors (Lipinski definition) is 3. The van der Waals surface area contributed by atoms with Gasteiger partial charge >= 0.3 is 0 Å². The summed E-state index contributed by atoms with van der Waals surface area (Å²) in [7, 11) is 0. The largest absolute Gasteiger partial charge is 0.396 e. The second-order valence-corrected chi connectivity index (χ2v) is 4.35. The molecule has 1 nitrogen and oxygen atoms in total. The molecule has 11 heavy (non-hydrogen) atoms. The van der Waals surface area contributed by atoms with E-state index in [-0.39, 0.29) is 17.8 Å². The molecule has 0 aromatic rings. The molecule has 0 fully saturated rings. The fourth-order valence-corrected chi connectivity index (χ4v) is 2.13. The molecule has 0 radical (unpaired) electrons. The third-order valence-electron chi connectivity index (χ3n) is 1.73. The molecule has 0 aliphatic carbocycles. The van der Waals surface area contributed by atoms with Gasteiger partial charge in [0, 0.05) is 17.8 Å². The summed E-state index contributed by atoms with van der Waals surface area (Å²) >= 11 is 8.56. The molecular weight excluding hydrogens is 176 g/mol. The lowest BCUT2D eigenvalue weighted by Crippen LogP contribution is -2.22. The van der Waals surface area contributed by atoms with Crippen molar-refractivity contribution in [2.24, 2.45) is 11.8 Å². The second kappa shape index (κ2) is 6.21. The zero-order valence-electron chi connectivity index (χ0n) is 7.20. The standard InChI is InChI=1S/C8H18OS2/c1-6(2)3-8(11)7(4-9)5-10/h6-11H,3-5H2,1-2H3. The summed E-state index contributed by atoms with van der Waals surface area (Å²) in [6.45, 7) is 4.52. The third-order valence-corrected chi connectivity index (χ3v) is 2.83. The van der Waals surface area contributed by atoms with Crippen molar-refractivity contribution in [2.45, 2.75) is 25.5 Å². The normalized spacial score (nSPS) is 16.9. The lowest BCUT2D eigenvalue weighted by atomic mass is 9.99. The first-order valence-corrected chi connectivity index (χ1v) is 5.16. The first-order chi connectivity index (χ1) is 5.11. The summed E-state index contributed by atoms with van der Waals surface area (Å²) in [5.41, 5.74) is 0. The molecule has 2 atom stereocenters. The fraction of sp³-hybridized carbons (Fsp3) is 1.00.